The smallest absolute Gasteiger partial charge is 0.216 e. The van der Waals surface area contributed by atoms with Crippen LogP contribution in [0.2, 0.25) is 0 Å². The molecular formula is C31H38N6O3. The molecular weight excluding hydrogens is 504 g/mol. The van der Waals surface area contributed by atoms with Crippen molar-refractivity contribution in [2.45, 2.75) is 44.8 Å². The average Bonchev–Trinajstić information content (AvgIpc) is 3.43. The summed E-state index contributed by atoms with van der Waals surface area (Å²) in [6, 6.07) is 20.3. The maximum atomic E-state index is 11.4. The maximum Gasteiger partial charge on any atom is 0.216 e. The Balaban J connectivity index is 1.46. The molecule has 40 heavy (non-hydrogen) atoms. The maximum absolute atomic E-state index is 11.4. The van der Waals surface area contributed by atoms with Gasteiger partial charge in [0.25, 0.3) is 0 Å². The Hall–Kier alpha value is -3.95. The number of aryl methyl sites for hydroxylation is 1. The number of aromatic nitrogens is 3. The second kappa shape index (κ2) is 13.4. The zero-order chi connectivity index (χ0) is 27.7. The van der Waals surface area contributed by atoms with E-state index in [4.69, 9.17) is 19.4 Å². The topological polar surface area (TPSA) is 113 Å². The molecule has 1 fully saturated rings. The van der Waals surface area contributed by atoms with Crippen molar-refractivity contribution in [1.82, 2.24) is 25.6 Å². The number of hydrogen-bond acceptors (Lipinski definition) is 7. The number of nitrogens with one attached hydrogen (secondary N) is 4. The van der Waals surface area contributed by atoms with Gasteiger partial charge in [0.1, 0.15) is 17.2 Å². The van der Waals surface area contributed by atoms with E-state index in [-0.39, 0.29) is 18.1 Å². The van der Waals surface area contributed by atoms with Crippen LogP contribution in [-0.4, -0.2) is 60.3 Å². The highest BCUT2D eigenvalue weighted by Gasteiger charge is 2.23. The third kappa shape index (κ3) is 7.16. The van der Waals surface area contributed by atoms with Gasteiger partial charge in [0.15, 0.2) is 5.82 Å². The molecule has 210 valence electrons. The minimum Gasteiger partial charge on any atom is -0.497 e. The Morgan fingerprint density at radius 1 is 1.05 bits per heavy atom. The van der Waals surface area contributed by atoms with Crippen molar-refractivity contribution in [2.75, 3.05) is 38.6 Å². The van der Waals surface area contributed by atoms with Crippen molar-refractivity contribution < 1.29 is 14.3 Å². The number of aromatic amines is 1. The number of ether oxygens (including phenoxy) is 2. The van der Waals surface area contributed by atoms with Gasteiger partial charge in [-0.2, -0.15) is 0 Å². The number of hydrogen-bond donors (Lipinski definition) is 4. The quantitative estimate of drug-likeness (QED) is 0.193. The largest absolute Gasteiger partial charge is 0.497 e. The van der Waals surface area contributed by atoms with E-state index in [9.17, 15) is 4.79 Å². The van der Waals surface area contributed by atoms with Crippen LogP contribution in [0.4, 0.5) is 5.82 Å². The molecule has 5 rings (SSSR count). The van der Waals surface area contributed by atoms with Crippen molar-refractivity contribution in [3.05, 3.63) is 71.9 Å². The van der Waals surface area contributed by atoms with Crippen LogP contribution in [0.1, 0.15) is 43.5 Å². The summed E-state index contributed by atoms with van der Waals surface area (Å²) in [5.41, 5.74) is 3.89. The van der Waals surface area contributed by atoms with E-state index >= 15 is 0 Å². The summed E-state index contributed by atoms with van der Waals surface area (Å²) in [5, 5.41) is 10.6. The molecule has 1 unspecified atom stereocenters. The Morgan fingerprint density at radius 3 is 2.65 bits per heavy atom. The summed E-state index contributed by atoms with van der Waals surface area (Å²) in [4.78, 5) is 24.7. The van der Waals surface area contributed by atoms with E-state index in [2.05, 4.69) is 39.1 Å². The van der Waals surface area contributed by atoms with Crippen molar-refractivity contribution >= 4 is 22.8 Å². The Kier molecular flexibility index (Phi) is 9.26. The van der Waals surface area contributed by atoms with E-state index in [0.29, 0.717) is 18.9 Å². The molecule has 2 aromatic heterocycles. The van der Waals surface area contributed by atoms with Gasteiger partial charge in [-0.3, -0.25) is 4.79 Å². The fourth-order valence-electron chi connectivity index (χ4n) is 5.06. The van der Waals surface area contributed by atoms with Crippen LogP contribution in [0.25, 0.3) is 22.4 Å². The Morgan fingerprint density at radius 2 is 1.88 bits per heavy atom. The Bertz CT molecular complexity index is 1400. The van der Waals surface area contributed by atoms with Crippen LogP contribution >= 0.6 is 0 Å². The van der Waals surface area contributed by atoms with E-state index in [1.807, 2.05) is 42.5 Å². The summed E-state index contributed by atoms with van der Waals surface area (Å²) in [6.07, 6.45) is 3.72. The molecule has 4 N–H and O–H groups in total. The molecule has 9 heteroatoms. The van der Waals surface area contributed by atoms with Gasteiger partial charge in [-0.05, 0) is 62.5 Å². The number of rotatable bonds is 12. The fraction of sp³-hybridized carbons (Fsp3) is 0.387. The number of benzene rings is 2. The molecule has 3 heterocycles. The zero-order valence-corrected chi connectivity index (χ0v) is 23.2. The molecule has 1 aliphatic heterocycles. The minimum absolute atomic E-state index is 0.0579. The first-order chi connectivity index (χ1) is 19.6. The summed E-state index contributed by atoms with van der Waals surface area (Å²) in [5.74, 6) is 2.16. The molecule has 0 spiro atoms. The number of piperidine rings is 1. The van der Waals surface area contributed by atoms with Crippen LogP contribution < -0.4 is 20.7 Å². The SMILES string of the molecule is COc1cccc(CCC(OC2CCNCC2)c2cc3c(NCCNC(C)=O)nc(-c4ccccc4)nc3[nH]2)c1. The molecule has 4 aromatic rings. The first-order valence-corrected chi connectivity index (χ1v) is 14.0. The number of H-pyrrole nitrogens is 1. The lowest BCUT2D eigenvalue weighted by Gasteiger charge is -2.28. The number of fused-ring (bicyclic) bond motifs is 1. The summed E-state index contributed by atoms with van der Waals surface area (Å²) in [7, 11) is 1.69. The number of nitrogens with zero attached hydrogens (tertiary/aromatic N) is 2. The normalized spacial score (nSPS) is 14.7. The van der Waals surface area contributed by atoms with Crippen LogP contribution in [0.5, 0.6) is 5.75 Å². The number of anilines is 1. The molecule has 1 atom stereocenters. The highest BCUT2D eigenvalue weighted by molar-refractivity contribution is 5.89. The first-order valence-electron chi connectivity index (χ1n) is 14.0. The summed E-state index contributed by atoms with van der Waals surface area (Å²) in [6.45, 7) is 4.50. The van der Waals surface area contributed by atoms with E-state index < -0.39 is 0 Å². The average molecular weight is 543 g/mol. The summed E-state index contributed by atoms with van der Waals surface area (Å²) >= 11 is 0. The molecule has 1 aliphatic rings. The van der Waals surface area contributed by atoms with E-state index in [0.717, 1.165) is 72.6 Å². The van der Waals surface area contributed by atoms with E-state index in [1.54, 1.807) is 7.11 Å². The standard InChI is InChI=1S/C31H38N6O3/c1-21(38)33-17-18-34-30-26-20-27(35-31(26)37-29(36-30)23-8-4-3-5-9-23)28(40-24-13-15-32-16-14-24)12-11-22-7-6-10-25(19-22)39-2/h3-10,19-20,24,28,32H,11-18H2,1-2H3,(H,33,38)(H2,34,35,36,37). The number of methoxy groups -OCH3 is 1. The number of carbonyl (C=O) groups excluding carboxylic acids is 1. The van der Waals surface area contributed by atoms with Gasteiger partial charge in [-0.1, -0.05) is 42.5 Å². The van der Waals surface area contributed by atoms with Gasteiger partial charge >= 0.3 is 0 Å². The third-order valence-electron chi connectivity index (χ3n) is 7.15. The Labute approximate surface area is 235 Å². The van der Waals surface area contributed by atoms with Crippen molar-refractivity contribution in [3.8, 4) is 17.1 Å². The molecule has 2 aromatic carbocycles. The van der Waals surface area contributed by atoms with Gasteiger partial charge < -0.3 is 30.4 Å². The van der Waals surface area contributed by atoms with Crippen molar-refractivity contribution in [2.24, 2.45) is 0 Å². The molecule has 1 saturated heterocycles. The summed E-state index contributed by atoms with van der Waals surface area (Å²) < 4.78 is 12.2. The van der Waals surface area contributed by atoms with Crippen LogP contribution in [-0.2, 0) is 16.0 Å². The zero-order valence-electron chi connectivity index (χ0n) is 23.2. The fourth-order valence-corrected chi connectivity index (χ4v) is 5.06. The highest BCUT2D eigenvalue weighted by Crippen LogP contribution is 2.32. The molecule has 0 aliphatic carbocycles. The minimum atomic E-state index is -0.129. The first kappa shape index (κ1) is 27.6. The molecule has 0 bridgehead atoms. The predicted molar refractivity (Wildman–Crippen MR) is 158 cm³/mol. The number of amides is 1. The second-order valence-corrected chi connectivity index (χ2v) is 10.1. The van der Waals surface area contributed by atoms with Crippen LogP contribution in [0.3, 0.4) is 0 Å². The van der Waals surface area contributed by atoms with Gasteiger partial charge in [0.05, 0.1) is 24.7 Å². The van der Waals surface area contributed by atoms with Crippen LogP contribution in [0.15, 0.2) is 60.7 Å². The van der Waals surface area contributed by atoms with E-state index in [1.165, 1.54) is 12.5 Å². The lowest BCUT2D eigenvalue weighted by Crippen LogP contribution is -2.33. The lowest BCUT2D eigenvalue weighted by atomic mass is 10.0. The van der Waals surface area contributed by atoms with Crippen LogP contribution in [0, 0.1) is 0 Å². The van der Waals surface area contributed by atoms with Gasteiger partial charge in [0.2, 0.25) is 5.91 Å². The lowest BCUT2D eigenvalue weighted by molar-refractivity contribution is -0.118. The molecule has 0 radical (unpaired) electrons. The van der Waals surface area contributed by atoms with Gasteiger partial charge in [0, 0.05) is 31.3 Å². The second-order valence-electron chi connectivity index (χ2n) is 10.1. The van der Waals surface area contributed by atoms with Gasteiger partial charge in [-0.25, -0.2) is 9.97 Å². The predicted octanol–water partition coefficient (Wildman–Crippen LogP) is 4.62. The molecule has 1 amide bonds. The molecule has 0 saturated carbocycles. The molecule has 9 nitrogen and oxygen atoms in total. The van der Waals surface area contributed by atoms with Gasteiger partial charge in [-0.15, -0.1) is 0 Å². The highest BCUT2D eigenvalue weighted by atomic mass is 16.5. The third-order valence-corrected chi connectivity index (χ3v) is 7.15. The number of carbonyl (C=O) groups is 1. The van der Waals surface area contributed by atoms with Crippen molar-refractivity contribution in [1.29, 1.82) is 0 Å². The monoisotopic (exact) mass is 542 g/mol. The van der Waals surface area contributed by atoms with Crippen molar-refractivity contribution in [3.63, 3.8) is 0 Å².